The Morgan fingerprint density at radius 2 is 1.89 bits per heavy atom. The van der Waals surface area contributed by atoms with Gasteiger partial charge in [-0.1, -0.05) is 42.9 Å². The number of rotatable bonds is 8. The van der Waals surface area contributed by atoms with E-state index in [1.54, 1.807) is 7.11 Å². The van der Waals surface area contributed by atoms with Crippen LogP contribution in [0.2, 0.25) is 0 Å². The fourth-order valence-corrected chi connectivity index (χ4v) is 1.87. The number of hydrogen-bond acceptors (Lipinski definition) is 2. The van der Waals surface area contributed by atoms with Crippen LogP contribution in [0.3, 0.4) is 0 Å². The summed E-state index contributed by atoms with van der Waals surface area (Å²) in [5.41, 5.74) is 1.32. The van der Waals surface area contributed by atoms with E-state index in [1.165, 1.54) is 5.56 Å². The summed E-state index contributed by atoms with van der Waals surface area (Å²) in [6, 6.07) is 8.18. The molecule has 0 amide bonds. The van der Waals surface area contributed by atoms with Gasteiger partial charge in [0.05, 0.1) is 13.2 Å². The number of hydrogen-bond donors (Lipinski definition) is 1. The molecule has 2 nitrogen and oxygen atoms in total. The number of aryl methyl sites for hydroxylation is 1. The average Bonchev–Trinajstić information content (AvgIpc) is 2.44. The van der Waals surface area contributed by atoms with Gasteiger partial charge >= 0.3 is 0 Å². The van der Waals surface area contributed by atoms with Gasteiger partial charge in [-0.25, -0.2) is 0 Å². The van der Waals surface area contributed by atoms with Crippen LogP contribution >= 0.6 is 0 Å². The minimum Gasteiger partial charge on any atom is -0.497 e. The third-order valence-electron chi connectivity index (χ3n) is 3.01. The van der Waals surface area contributed by atoms with E-state index in [4.69, 9.17) is 4.74 Å². The summed E-state index contributed by atoms with van der Waals surface area (Å²) in [6.45, 7) is 1.96. The van der Waals surface area contributed by atoms with E-state index in [0.29, 0.717) is 0 Å². The lowest BCUT2D eigenvalue weighted by molar-refractivity contribution is 0.208. The third-order valence-corrected chi connectivity index (χ3v) is 3.01. The van der Waals surface area contributed by atoms with Crippen LogP contribution in [0, 0.1) is 0 Å². The topological polar surface area (TPSA) is 29.5 Å². The van der Waals surface area contributed by atoms with Gasteiger partial charge in [-0.3, -0.25) is 0 Å². The van der Waals surface area contributed by atoms with Crippen molar-refractivity contribution < 1.29 is 9.84 Å². The molecular formula is C17H24O2. The number of allylic oxidation sites excluding steroid dienone is 3. The van der Waals surface area contributed by atoms with Crippen molar-refractivity contribution in [1.82, 2.24) is 0 Å². The van der Waals surface area contributed by atoms with Gasteiger partial charge in [-0.2, -0.15) is 0 Å². The van der Waals surface area contributed by atoms with Crippen LogP contribution < -0.4 is 4.74 Å². The first kappa shape index (κ1) is 15.5. The molecule has 0 radical (unpaired) electrons. The Labute approximate surface area is 116 Å². The first-order valence-electron chi connectivity index (χ1n) is 6.86. The largest absolute Gasteiger partial charge is 0.497 e. The highest BCUT2D eigenvalue weighted by molar-refractivity contribution is 5.27. The van der Waals surface area contributed by atoms with Crippen LogP contribution in [0.4, 0.5) is 0 Å². The third kappa shape index (κ3) is 6.82. The summed E-state index contributed by atoms with van der Waals surface area (Å²) >= 11 is 0. The summed E-state index contributed by atoms with van der Waals surface area (Å²) in [7, 11) is 1.68. The molecular weight excluding hydrogens is 236 g/mol. The highest BCUT2D eigenvalue weighted by Crippen LogP contribution is 2.14. The second kappa shape index (κ2) is 9.40. The Morgan fingerprint density at radius 3 is 2.53 bits per heavy atom. The number of aliphatic hydroxyl groups excluding tert-OH is 1. The summed E-state index contributed by atoms with van der Waals surface area (Å²) in [6.07, 6.45) is 11.3. The van der Waals surface area contributed by atoms with Gasteiger partial charge < -0.3 is 9.84 Å². The van der Waals surface area contributed by atoms with Crippen molar-refractivity contribution in [3.05, 3.63) is 54.1 Å². The molecule has 104 valence electrons. The van der Waals surface area contributed by atoms with Gasteiger partial charge in [0.1, 0.15) is 5.75 Å². The Bertz CT molecular complexity index is 390. The second-order valence-electron chi connectivity index (χ2n) is 4.57. The Morgan fingerprint density at radius 1 is 1.16 bits per heavy atom. The van der Waals surface area contributed by atoms with Crippen LogP contribution in [-0.2, 0) is 6.42 Å². The number of unbranched alkanes of at least 4 members (excludes halogenated alkanes) is 1. The van der Waals surface area contributed by atoms with Gasteiger partial charge in [0.15, 0.2) is 0 Å². The van der Waals surface area contributed by atoms with E-state index >= 15 is 0 Å². The molecule has 0 heterocycles. The van der Waals surface area contributed by atoms with E-state index in [-0.39, 0.29) is 6.10 Å². The fourth-order valence-electron chi connectivity index (χ4n) is 1.87. The Hall–Kier alpha value is -1.54. The highest BCUT2D eigenvalue weighted by Gasteiger charge is 1.99. The molecule has 0 unspecified atom stereocenters. The van der Waals surface area contributed by atoms with Crippen LogP contribution in [0.15, 0.2) is 48.6 Å². The van der Waals surface area contributed by atoms with E-state index in [1.807, 2.05) is 43.4 Å². The van der Waals surface area contributed by atoms with Crippen molar-refractivity contribution in [3.8, 4) is 5.75 Å². The maximum absolute atomic E-state index is 9.70. The minimum atomic E-state index is -0.327. The van der Waals surface area contributed by atoms with Crippen molar-refractivity contribution >= 4 is 0 Å². The smallest absolute Gasteiger partial charge is 0.118 e. The normalized spacial score (nSPS) is 13.2. The summed E-state index contributed by atoms with van der Waals surface area (Å²) in [4.78, 5) is 0. The van der Waals surface area contributed by atoms with Crippen molar-refractivity contribution in [1.29, 1.82) is 0 Å². The second-order valence-corrected chi connectivity index (χ2v) is 4.57. The van der Waals surface area contributed by atoms with Gasteiger partial charge in [0, 0.05) is 0 Å². The molecule has 19 heavy (non-hydrogen) atoms. The molecule has 0 aliphatic heterocycles. The van der Waals surface area contributed by atoms with Crippen LogP contribution in [-0.4, -0.2) is 18.3 Å². The zero-order valence-corrected chi connectivity index (χ0v) is 11.9. The zero-order chi connectivity index (χ0) is 13.9. The van der Waals surface area contributed by atoms with E-state index < -0.39 is 0 Å². The maximum Gasteiger partial charge on any atom is 0.118 e. The van der Waals surface area contributed by atoms with E-state index in [0.717, 1.165) is 31.4 Å². The molecule has 0 spiro atoms. The standard InChI is InChI=1S/C17H24O2/c1-3-4-5-9-16(18)10-7-6-8-15-11-13-17(19-2)14-12-15/h3-5,9,11-14,16,18H,6-8,10H2,1-2H3/b4-3+,9-5+/t16-/m1/s1. The van der Waals surface area contributed by atoms with Crippen molar-refractivity contribution in [3.63, 3.8) is 0 Å². The molecule has 0 saturated heterocycles. The van der Waals surface area contributed by atoms with Gasteiger partial charge in [0.2, 0.25) is 0 Å². The molecule has 0 fully saturated rings. The lowest BCUT2D eigenvalue weighted by atomic mass is 10.0. The summed E-state index contributed by atoms with van der Waals surface area (Å²) in [5.74, 6) is 0.897. The number of benzene rings is 1. The van der Waals surface area contributed by atoms with Gasteiger partial charge in [-0.05, 0) is 43.9 Å². The SMILES string of the molecule is C/C=C/C=C/[C@@H](O)CCCCc1ccc(OC)cc1. The Kier molecular flexibility index (Phi) is 7.68. The first-order chi connectivity index (χ1) is 9.26. The lowest BCUT2D eigenvalue weighted by Crippen LogP contribution is -2.01. The molecule has 1 N–H and O–H groups in total. The van der Waals surface area contributed by atoms with Crippen LogP contribution in [0.1, 0.15) is 31.7 Å². The number of aliphatic hydroxyl groups is 1. The van der Waals surface area contributed by atoms with Crippen molar-refractivity contribution in [2.45, 2.75) is 38.7 Å². The molecule has 0 aromatic heterocycles. The summed E-state index contributed by atoms with van der Waals surface area (Å²) in [5, 5.41) is 9.70. The molecule has 0 aliphatic rings. The van der Waals surface area contributed by atoms with Gasteiger partial charge in [0.25, 0.3) is 0 Å². The minimum absolute atomic E-state index is 0.327. The molecule has 1 atom stereocenters. The predicted molar refractivity (Wildman–Crippen MR) is 80.5 cm³/mol. The molecule has 1 aromatic carbocycles. The number of methoxy groups -OCH3 is 1. The maximum atomic E-state index is 9.70. The monoisotopic (exact) mass is 260 g/mol. The summed E-state index contributed by atoms with van der Waals surface area (Å²) < 4.78 is 5.13. The van der Waals surface area contributed by atoms with E-state index in [9.17, 15) is 5.11 Å². The van der Waals surface area contributed by atoms with Crippen LogP contribution in [0.25, 0.3) is 0 Å². The molecule has 0 bridgehead atoms. The van der Waals surface area contributed by atoms with Crippen molar-refractivity contribution in [2.75, 3.05) is 7.11 Å². The molecule has 1 rings (SSSR count). The molecule has 1 aromatic rings. The molecule has 0 aliphatic carbocycles. The quantitative estimate of drug-likeness (QED) is 0.567. The molecule has 0 saturated carbocycles. The molecule has 2 heteroatoms. The van der Waals surface area contributed by atoms with Gasteiger partial charge in [-0.15, -0.1) is 0 Å². The number of ether oxygens (including phenoxy) is 1. The highest BCUT2D eigenvalue weighted by atomic mass is 16.5. The van der Waals surface area contributed by atoms with E-state index in [2.05, 4.69) is 12.1 Å². The van der Waals surface area contributed by atoms with Crippen LogP contribution in [0.5, 0.6) is 5.75 Å². The average molecular weight is 260 g/mol. The fraction of sp³-hybridized carbons (Fsp3) is 0.412. The lowest BCUT2D eigenvalue weighted by Gasteiger charge is -2.06. The predicted octanol–water partition coefficient (Wildman–Crippen LogP) is 3.90. The van der Waals surface area contributed by atoms with Crippen molar-refractivity contribution in [2.24, 2.45) is 0 Å². The Balaban J connectivity index is 2.19. The zero-order valence-electron chi connectivity index (χ0n) is 11.9. The first-order valence-corrected chi connectivity index (χ1v) is 6.86.